The van der Waals surface area contributed by atoms with Crippen molar-refractivity contribution in [2.24, 2.45) is 0 Å². The number of hydrogen-bond donors (Lipinski definition) is 0. The Morgan fingerprint density at radius 3 is 1.24 bits per heavy atom. The number of halogens is 4. The molecule has 0 radical (unpaired) electrons. The van der Waals surface area contributed by atoms with Gasteiger partial charge in [-0.1, -0.05) is 160 Å². The fourth-order valence-corrected chi connectivity index (χ4v) is 9.73. The summed E-state index contributed by atoms with van der Waals surface area (Å²) in [5.41, 5.74) is 8.27. The number of hydrogen-bond acceptors (Lipinski definition) is 0. The molecule has 0 nitrogen and oxygen atoms in total. The van der Waals surface area contributed by atoms with E-state index in [0.717, 1.165) is 110 Å². The van der Waals surface area contributed by atoms with Crippen molar-refractivity contribution in [3.8, 4) is 44.5 Å². The Morgan fingerprint density at radius 1 is 0.317 bits per heavy atom. The van der Waals surface area contributed by atoms with E-state index in [9.17, 15) is 13.2 Å². The van der Waals surface area contributed by atoms with Crippen molar-refractivity contribution < 1.29 is 17.6 Å². The van der Waals surface area contributed by atoms with Crippen LogP contribution in [-0.4, -0.2) is 0 Å². The lowest BCUT2D eigenvalue weighted by molar-refractivity contribution is -0.137. The highest BCUT2D eigenvalue weighted by Crippen LogP contribution is 2.50. The van der Waals surface area contributed by atoms with Gasteiger partial charge in [-0.25, -0.2) is 4.39 Å². The minimum atomic E-state index is -4.45. The fraction of sp³-hybridized carbons (Fsp3) is 0.0847. The predicted octanol–water partition coefficient (Wildman–Crippen LogP) is 17.7. The zero-order valence-corrected chi connectivity index (χ0v) is 34.9. The molecule has 304 valence electrons. The van der Waals surface area contributed by atoms with E-state index < -0.39 is 11.7 Å². The van der Waals surface area contributed by atoms with Crippen LogP contribution in [0.3, 0.4) is 0 Å². The van der Waals surface area contributed by atoms with E-state index in [1.807, 2.05) is 24.3 Å². The highest BCUT2D eigenvalue weighted by atomic mass is 19.4. The second-order valence-electron chi connectivity index (χ2n) is 17.7. The van der Waals surface area contributed by atoms with Crippen LogP contribution in [0.1, 0.15) is 31.9 Å². The largest absolute Gasteiger partial charge is 0.416 e. The first-order chi connectivity index (χ1) is 30.4. The third kappa shape index (κ3) is 6.52. The third-order valence-corrected chi connectivity index (χ3v) is 12.9. The highest BCUT2D eigenvalue weighted by molar-refractivity contribution is 6.29. The van der Waals surface area contributed by atoms with Gasteiger partial charge in [-0.05, 0) is 169 Å². The van der Waals surface area contributed by atoms with Gasteiger partial charge >= 0.3 is 6.18 Å². The molecular weight excluding hydrogens is 785 g/mol. The molecular formula is C59H40F4. The first kappa shape index (κ1) is 38.6. The molecule has 0 fully saturated rings. The molecule has 0 aliphatic heterocycles. The van der Waals surface area contributed by atoms with Crippen LogP contribution in [0.25, 0.3) is 109 Å². The fourth-order valence-electron chi connectivity index (χ4n) is 9.73. The normalized spacial score (nSPS) is 12.4. The van der Waals surface area contributed by atoms with Gasteiger partial charge in [-0.3, -0.25) is 0 Å². The standard InChI is InChI=1S/C59H40F4/c1-58(2,3)41-22-16-35(17-23-41)37-20-28-51-54(31-37)56(52-33-39-10-4-5-11-44(39)46-12-6-8-14-48(46)52)50-27-21-38(36-18-24-42(25-19-36)59(61,62)63)32-55(50)57(51)53-34-40-30-43(60)26-29-45(40)47-13-7-9-15-49(47)53/h4-34H,1-3H3. The maximum Gasteiger partial charge on any atom is 0.416 e. The Bertz CT molecular complexity index is 3630. The summed E-state index contributed by atoms with van der Waals surface area (Å²) < 4.78 is 56.4. The Kier molecular flexibility index (Phi) is 8.82. The molecule has 0 saturated carbocycles. The van der Waals surface area contributed by atoms with Crippen LogP contribution in [0.2, 0.25) is 0 Å². The monoisotopic (exact) mass is 824 g/mol. The second kappa shape index (κ2) is 14.4. The molecule has 0 N–H and O–H groups in total. The minimum Gasteiger partial charge on any atom is -0.207 e. The van der Waals surface area contributed by atoms with E-state index in [-0.39, 0.29) is 11.2 Å². The summed E-state index contributed by atoms with van der Waals surface area (Å²) in [4.78, 5) is 0. The van der Waals surface area contributed by atoms with Crippen LogP contribution in [-0.2, 0) is 11.6 Å². The maximum absolute atomic E-state index is 15.1. The van der Waals surface area contributed by atoms with E-state index in [4.69, 9.17) is 0 Å². The van der Waals surface area contributed by atoms with Crippen molar-refractivity contribution in [2.75, 3.05) is 0 Å². The molecule has 0 spiro atoms. The quantitative estimate of drug-likeness (QED) is 0.0942. The number of rotatable bonds is 4. The summed E-state index contributed by atoms with van der Waals surface area (Å²) in [6.45, 7) is 6.66. The summed E-state index contributed by atoms with van der Waals surface area (Å²) in [6, 6.07) is 61.9. The summed E-state index contributed by atoms with van der Waals surface area (Å²) >= 11 is 0. The number of benzene rings is 11. The molecule has 11 rings (SSSR count). The molecule has 0 atom stereocenters. The van der Waals surface area contributed by atoms with Gasteiger partial charge in [0.25, 0.3) is 0 Å². The van der Waals surface area contributed by atoms with Crippen molar-refractivity contribution >= 4 is 64.6 Å². The molecule has 11 aromatic rings. The molecule has 0 aliphatic rings. The molecule has 0 bridgehead atoms. The van der Waals surface area contributed by atoms with Crippen molar-refractivity contribution in [1.29, 1.82) is 0 Å². The molecule has 0 aliphatic carbocycles. The smallest absolute Gasteiger partial charge is 0.207 e. The molecule has 0 saturated heterocycles. The van der Waals surface area contributed by atoms with Crippen molar-refractivity contribution in [3.05, 3.63) is 205 Å². The maximum atomic E-state index is 15.1. The minimum absolute atomic E-state index is 0.00477. The summed E-state index contributed by atoms with van der Waals surface area (Å²) in [5, 5.41) is 12.3. The van der Waals surface area contributed by atoms with Crippen molar-refractivity contribution in [1.82, 2.24) is 0 Å². The molecule has 11 aromatic carbocycles. The SMILES string of the molecule is CC(C)(C)c1ccc(-c2ccc3c(-c4cc5cc(F)ccc5c5ccccc45)c4cc(-c5ccc(C(F)(F)F)cc5)ccc4c(-c4cc5ccccc5c5ccccc45)c3c2)cc1. The number of fused-ring (bicyclic) bond motifs is 8. The van der Waals surface area contributed by atoms with E-state index >= 15 is 4.39 Å². The van der Waals surface area contributed by atoms with Gasteiger partial charge in [0.05, 0.1) is 5.56 Å². The lowest BCUT2D eigenvalue weighted by atomic mass is 9.81. The first-order valence-electron chi connectivity index (χ1n) is 21.2. The van der Waals surface area contributed by atoms with Crippen LogP contribution < -0.4 is 0 Å². The topological polar surface area (TPSA) is 0 Å². The van der Waals surface area contributed by atoms with E-state index in [0.29, 0.717) is 5.56 Å². The van der Waals surface area contributed by atoms with Crippen molar-refractivity contribution in [3.63, 3.8) is 0 Å². The Balaban J connectivity index is 1.32. The summed E-state index contributed by atoms with van der Waals surface area (Å²) in [7, 11) is 0. The molecule has 0 heterocycles. The van der Waals surface area contributed by atoms with Gasteiger partial charge in [0.1, 0.15) is 5.82 Å². The molecule has 4 heteroatoms. The molecule has 0 amide bonds. The van der Waals surface area contributed by atoms with Gasteiger partial charge in [0.15, 0.2) is 0 Å². The summed E-state index contributed by atoms with van der Waals surface area (Å²) in [5.74, 6) is -0.316. The van der Waals surface area contributed by atoms with Crippen molar-refractivity contribution in [2.45, 2.75) is 32.4 Å². The van der Waals surface area contributed by atoms with Gasteiger partial charge in [-0.2, -0.15) is 13.2 Å². The lowest BCUT2D eigenvalue weighted by Gasteiger charge is -2.22. The zero-order chi connectivity index (χ0) is 43.2. The Labute approximate surface area is 362 Å². The first-order valence-corrected chi connectivity index (χ1v) is 21.2. The Morgan fingerprint density at radius 2 is 0.730 bits per heavy atom. The highest BCUT2D eigenvalue weighted by Gasteiger charge is 2.30. The number of alkyl halides is 3. The van der Waals surface area contributed by atoms with E-state index in [1.54, 1.807) is 18.2 Å². The van der Waals surface area contributed by atoms with Gasteiger partial charge in [0.2, 0.25) is 0 Å². The molecule has 0 aromatic heterocycles. The summed E-state index contributed by atoms with van der Waals surface area (Å²) in [6.07, 6.45) is -4.45. The predicted molar refractivity (Wildman–Crippen MR) is 257 cm³/mol. The van der Waals surface area contributed by atoms with Crippen LogP contribution >= 0.6 is 0 Å². The van der Waals surface area contributed by atoms with Crippen LogP contribution in [0.15, 0.2) is 188 Å². The van der Waals surface area contributed by atoms with Gasteiger partial charge in [0, 0.05) is 0 Å². The zero-order valence-electron chi connectivity index (χ0n) is 34.9. The third-order valence-electron chi connectivity index (χ3n) is 12.9. The van der Waals surface area contributed by atoms with Gasteiger partial charge < -0.3 is 0 Å². The van der Waals surface area contributed by atoms with Crippen LogP contribution in [0.5, 0.6) is 0 Å². The van der Waals surface area contributed by atoms with Crippen LogP contribution in [0, 0.1) is 5.82 Å². The molecule has 63 heavy (non-hydrogen) atoms. The average molecular weight is 825 g/mol. The Hall–Kier alpha value is -7.30. The molecule has 0 unspecified atom stereocenters. The van der Waals surface area contributed by atoms with E-state index in [2.05, 4.69) is 148 Å². The van der Waals surface area contributed by atoms with Crippen LogP contribution in [0.4, 0.5) is 17.6 Å². The van der Waals surface area contributed by atoms with Gasteiger partial charge in [-0.15, -0.1) is 0 Å². The average Bonchev–Trinajstić information content (AvgIpc) is 3.29. The van der Waals surface area contributed by atoms with E-state index in [1.165, 1.54) is 17.0 Å². The lowest BCUT2D eigenvalue weighted by Crippen LogP contribution is -2.10. The second-order valence-corrected chi connectivity index (χ2v) is 17.7.